The lowest BCUT2D eigenvalue weighted by atomic mass is 9.94. The summed E-state index contributed by atoms with van der Waals surface area (Å²) in [7, 11) is 1.77. The Balaban J connectivity index is 1.93. The molecule has 2 aliphatic rings. The minimum atomic E-state index is -0.838. The third-order valence-electron chi connectivity index (χ3n) is 4.56. The van der Waals surface area contributed by atoms with E-state index >= 15 is 0 Å². The van der Waals surface area contributed by atoms with Gasteiger partial charge in [-0.3, -0.25) is 9.59 Å². The molecule has 5 nitrogen and oxygen atoms in total. The molecule has 1 aliphatic heterocycles. The number of likely N-dealkylation sites (N-methyl/N-ethyl adjacent to an activating group) is 1. The smallest absolute Gasteiger partial charge is 0.307 e. The van der Waals surface area contributed by atoms with Crippen LogP contribution in [-0.2, 0) is 14.3 Å². The molecule has 4 atom stereocenters. The Morgan fingerprint density at radius 2 is 1.95 bits per heavy atom. The van der Waals surface area contributed by atoms with Gasteiger partial charge in [-0.05, 0) is 38.0 Å². The molecule has 1 N–H and O–H groups in total. The van der Waals surface area contributed by atoms with Crippen molar-refractivity contribution in [2.45, 2.75) is 45.1 Å². The van der Waals surface area contributed by atoms with Gasteiger partial charge in [0.1, 0.15) is 0 Å². The summed E-state index contributed by atoms with van der Waals surface area (Å²) in [5.74, 6) is -1.45. The summed E-state index contributed by atoms with van der Waals surface area (Å²) in [4.78, 5) is 25.4. The SMILES string of the molecule is CC1C[C@H](C(=O)N(C)CC2CCCCO2)[C@H](C(=O)O)C1. The van der Waals surface area contributed by atoms with Crippen molar-refractivity contribution >= 4 is 11.9 Å². The Kier molecular flexibility index (Phi) is 5.02. The van der Waals surface area contributed by atoms with Crippen molar-refractivity contribution in [2.24, 2.45) is 17.8 Å². The molecule has 0 radical (unpaired) electrons. The molecule has 1 aliphatic carbocycles. The lowest BCUT2D eigenvalue weighted by molar-refractivity contribution is -0.149. The van der Waals surface area contributed by atoms with Crippen LogP contribution in [-0.4, -0.2) is 48.2 Å². The molecule has 0 aromatic rings. The highest BCUT2D eigenvalue weighted by atomic mass is 16.5. The summed E-state index contributed by atoms with van der Waals surface area (Å²) >= 11 is 0. The summed E-state index contributed by atoms with van der Waals surface area (Å²) < 4.78 is 5.65. The number of ether oxygens (including phenoxy) is 1. The summed E-state index contributed by atoms with van der Waals surface area (Å²) in [6, 6.07) is 0. The Labute approximate surface area is 120 Å². The topological polar surface area (TPSA) is 66.8 Å². The zero-order valence-electron chi connectivity index (χ0n) is 12.4. The van der Waals surface area contributed by atoms with Crippen LogP contribution in [0.3, 0.4) is 0 Å². The van der Waals surface area contributed by atoms with Crippen molar-refractivity contribution in [3.05, 3.63) is 0 Å². The Bertz CT molecular complexity index is 365. The van der Waals surface area contributed by atoms with Crippen LogP contribution in [0.2, 0.25) is 0 Å². The molecule has 0 aromatic heterocycles. The summed E-state index contributed by atoms with van der Waals surface area (Å²) in [6.45, 7) is 3.37. The normalized spacial score (nSPS) is 33.9. The zero-order valence-corrected chi connectivity index (χ0v) is 12.4. The van der Waals surface area contributed by atoms with Gasteiger partial charge in [0.05, 0.1) is 17.9 Å². The Morgan fingerprint density at radius 1 is 1.25 bits per heavy atom. The monoisotopic (exact) mass is 283 g/mol. The van der Waals surface area contributed by atoms with E-state index in [0.29, 0.717) is 25.3 Å². The summed E-state index contributed by atoms with van der Waals surface area (Å²) in [6.07, 6.45) is 4.63. The molecule has 2 fully saturated rings. The Morgan fingerprint density at radius 3 is 2.55 bits per heavy atom. The summed E-state index contributed by atoms with van der Waals surface area (Å²) in [5.41, 5.74) is 0. The van der Waals surface area contributed by atoms with Crippen LogP contribution in [0.1, 0.15) is 39.0 Å². The maximum absolute atomic E-state index is 12.5. The summed E-state index contributed by atoms with van der Waals surface area (Å²) in [5, 5.41) is 9.26. The van der Waals surface area contributed by atoms with Gasteiger partial charge in [0.2, 0.25) is 5.91 Å². The van der Waals surface area contributed by atoms with Crippen LogP contribution >= 0.6 is 0 Å². The van der Waals surface area contributed by atoms with Gasteiger partial charge in [0, 0.05) is 20.2 Å². The predicted molar refractivity (Wildman–Crippen MR) is 74.2 cm³/mol. The van der Waals surface area contributed by atoms with Crippen LogP contribution in [0, 0.1) is 17.8 Å². The molecule has 0 aromatic carbocycles. The van der Waals surface area contributed by atoms with Crippen molar-refractivity contribution in [2.75, 3.05) is 20.2 Å². The Hall–Kier alpha value is -1.10. The second kappa shape index (κ2) is 6.57. The van der Waals surface area contributed by atoms with E-state index in [2.05, 4.69) is 0 Å². The molecule has 2 rings (SSSR count). The number of carbonyl (C=O) groups excluding carboxylic acids is 1. The van der Waals surface area contributed by atoms with Crippen LogP contribution in [0.4, 0.5) is 0 Å². The molecule has 114 valence electrons. The van der Waals surface area contributed by atoms with Crippen LogP contribution in [0.15, 0.2) is 0 Å². The minimum Gasteiger partial charge on any atom is -0.481 e. The largest absolute Gasteiger partial charge is 0.481 e. The molecule has 1 saturated heterocycles. The number of nitrogens with zero attached hydrogens (tertiary/aromatic N) is 1. The van der Waals surface area contributed by atoms with E-state index in [-0.39, 0.29) is 17.9 Å². The maximum atomic E-state index is 12.5. The minimum absolute atomic E-state index is 0.0316. The van der Waals surface area contributed by atoms with Gasteiger partial charge in [0.25, 0.3) is 0 Å². The standard InChI is InChI=1S/C15H25NO4/c1-10-7-12(13(8-10)15(18)19)14(17)16(2)9-11-5-3-4-6-20-11/h10-13H,3-9H2,1-2H3,(H,18,19)/t10?,11?,12-,13+/m0/s1. The number of hydrogen-bond donors (Lipinski definition) is 1. The quantitative estimate of drug-likeness (QED) is 0.853. The van der Waals surface area contributed by atoms with Gasteiger partial charge in [0.15, 0.2) is 0 Å². The lowest BCUT2D eigenvalue weighted by Gasteiger charge is -2.29. The zero-order chi connectivity index (χ0) is 14.7. The highest BCUT2D eigenvalue weighted by molar-refractivity contribution is 5.85. The fourth-order valence-electron chi connectivity index (χ4n) is 3.47. The van der Waals surface area contributed by atoms with Gasteiger partial charge < -0.3 is 14.7 Å². The van der Waals surface area contributed by atoms with E-state index < -0.39 is 11.9 Å². The molecule has 1 saturated carbocycles. The maximum Gasteiger partial charge on any atom is 0.307 e. The molecule has 1 amide bonds. The number of aliphatic carboxylic acids is 1. The fraction of sp³-hybridized carbons (Fsp3) is 0.867. The number of amides is 1. The number of carbonyl (C=O) groups is 2. The van der Waals surface area contributed by atoms with E-state index in [0.717, 1.165) is 25.9 Å². The van der Waals surface area contributed by atoms with E-state index in [1.54, 1.807) is 11.9 Å². The first kappa shape index (κ1) is 15.3. The molecular formula is C15H25NO4. The average Bonchev–Trinajstić information content (AvgIpc) is 2.81. The van der Waals surface area contributed by atoms with E-state index in [9.17, 15) is 14.7 Å². The third kappa shape index (κ3) is 3.51. The highest BCUT2D eigenvalue weighted by Gasteiger charge is 2.42. The van der Waals surface area contributed by atoms with Gasteiger partial charge in [-0.2, -0.15) is 0 Å². The van der Waals surface area contributed by atoms with Crippen molar-refractivity contribution in [3.8, 4) is 0 Å². The average molecular weight is 283 g/mol. The lowest BCUT2D eigenvalue weighted by Crippen LogP contribution is -2.42. The number of carboxylic acids is 1. The van der Waals surface area contributed by atoms with Crippen molar-refractivity contribution in [1.82, 2.24) is 4.90 Å². The van der Waals surface area contributed by atoms with Gasteiger partial charge in [-0.1, -0.05) is 6.92 Å². The molecule has 0 bridgehead atoms. The second-order valence-corrected chi connectivity index (χ2v) is 6.34. The van der Waals surface area contributed by atoms with Crippen LogP contribution < -0.4 is 0 Å². The van der Waals surface area contributed by atoms with E-state index in [1.165, 1.54) is 0 Å². The first-order valence-electron chi connectivity index (χ1n) is 7.58. The molecule has 1 heterocycles. The van der Waals surface area contributed by atoms with Gasteiger partial charge >= 0.3 is 5.97 Å². The predicted octanol–water partition coefficient (Wildman–Crippen LogP) is 1.76. The van der Waals surface area contributed by atoms with Crippen molar-refractivity contribution in [3.63, 3.8) is 0 Å². The highest BCUT2D eigenvalue weighted by Crippen LogP contribution is 2.37. The third-order valence-corrected chi connectivity index (χ3v) is 4.56. The number of hydrogen-bond acceptors (Lipinski definition) is 3. The molecule has 2 unspecified atom stereocenters. The van der Waals surface area contributed by atoms with Crippen molar-refractivity contribution in [1.29, 1.82) is 0 Å². The second-order valence-electron chi connectivity index (χ2n) is 6.34. The first-order valence-corrected chi connectivity index (χ1v) is 7.58. The molecule has 20 heavy (non-hydrogen) atoms. The first-order chi connectivity index (χ1) is 9.49. The fourth-order valence-corrected chi connectivity index (χ4v) is 3.47. The molecule has 0 spiro atoms. The van der Waals surface area contributed by atoms with Crippen LogP contribution in [0.5, 0.6) is 0 Å². The molecule has 5 heteroatoms. The van der Waals surface area contributed by atoms with Crippen molar-refractivity contribution < 1.29 is 19.4 Å². The van der Waals surface area contributed by atoms with Gasteiger partial charge in [-0.15, -0.1) is 0 Å². The van der Waals surface area contributed by atoms with Crippen LogP contribution in [0.25, 0.3) is 0 Å². The number of rotatable bonds is 4. The van der Waals surface area contributed by atoms with E-state index in [1.807, 2.05) is 6.92 Å². The van der Waals surface area contributed by atoms with Gasteiger partial charge in [-0.25, -0.2) is 0 Å². The van der Waals surface area contributed by atoms with E-state index in [4.69, 9.17) is 4.74 Å². The molecular weight excluding hydrogens is 258 g/mol. The number of carboxylic acid groups (broad SMARTS) is 1.